The van der Waals surface area contributed by atoms with Crippen LogP contribution >= 0.6 is 0 Å². The van der Waals surface area contributed by atoms with E-state index in [2.05, 4.69) is 0 Å². The summed E-state index contributed by atoms with van der Waals surface area (Å²) < 4.78 is 33.1. The van der Waals surface area contributed by atoms with Crippen molar-refractivity contribution in [2.45, 2.75) is 31.3 Å². The first-order chi connectivity index (χ1) is 12.9. The third-order valence-electron chi connectivity index (χ3n) is 4.79. The summed E-state index contributed by atoms with van der Waals surface area (Å²) in [6, 6.07) is 13.9. The number of amides is 1. The van der Waals surface area contributed by atoms with Crippen molar-refractivity contribution in [3.63, 3.8) is 0 Å². The van der Waals surface area contributed by atoms with Gasteiger partial charge in [-0.2, -0.15) is 4.31 Å². The lowest BCUT2D eigenvalue weighted by Crippen LogP contribution is -2.37. The van der Waals surface area contributed by atoms with Gasteiger partial charge in [-0.15, -0.1) is 0 Å². The Morgan fingerprint density at radius 2 is 1.70 bits per heavy atom. The van der Waals surface area contributed by atoms with Gasteiger partial charge in [-0.25, -0.2) is 8.42 Å². The lowest BCUT2D eigenvalue weighted by Gasteiger charge is -2.30. The van der Waals surface area contributed by atoms with E-state index in [0.717, 1.165) is 11.1 Å². The first-order valence-electron chi connectivity index (χ1n) is 8.90. The Balaban J connectivity index is 2.04. The summed E-state index contributed by atoms with van der Waals surface area (Å²) in [6.45, 7) is 4.33. The minimum absolute atomic E-state index is 0.0718. The summed E-state index contributed by atoms with van der Waals surface area (Å²) in [7, 11) is -2.16. The molecule has 0 saturated carbocycles. The third-order valence-corrected chi connectivity index (χ3v) is 6.66. The SMILES string of the molecule is CCC(=O)N1CCN(S(=O)(=O)c2ccc(C)cc2)[C@@H]1c1ccc(OC)cc1. The van der Waals surface area contributed by atoms with Crippen molar-refractivity contribution >= 4 is 15.9 Å². The van der Waals surface area contributed by atoms with Crippen molar-refractivity contribution in [1.29, 1.82) is 0 Å². The first kappa shape index (κ1) is 19.4. The van der Waals surface area contributed by atoms with Crippen molar-refractivity contribution in [3.05, 3.63) is 59.7 Å². The number of ether oxygens (including phenoxy) is 1. The highest BCUT2D eigenvalue weighted by Crippen LogP contribution is 2.36. The molecule has 1 atom stereocenters. The number of carbonyl (C=O) groups is 1. The highest BCUT2D eigenvalue weighted by molar-refractivity contribution is 7.89. The zero-order chi connectivity index (χ0) is 19.6. The van der Waals surface area contributed by atoms with E-state index in [1.165, 1.54) is 4.31 Å². The zero-order valence-electron chi connectivity index (χ0n) is 15.8. The van der Waals surface area contributed by atoms with Gasteiger partial charge in [0, 0.05) is 19.5 Å². The van der Waals surface area contributed by atoms with Gasteiger partial charge in [-0.05, 0) is 36.8 Å². The van der Waals surface area contributed by atoms with Crippen molar-refractivity contribution in [2.24, 2.45) is 0 Å². The Morgan fingerprint density at radius 3 is 2.26 bits per heavy atom. The van der Waals surface area contributed by atoms with Crippen molar-refractivity contribution in [1.82, 2.24) is 9.21 Å². The molecular formula is C20H24N2O4S. The summed E-state index contributed by atoms with van der Waals surface area (Å²) in [4.78, 5) is 14.3. The van der Waals surface area contributed by atoms with E-state index in [-0.39, 0.29) is 17.3 Å². The molecule has 2 aromatic rings. The number of hydrogen-bond acceptors (Lipinski definition) is 4. The van der Waals surface area contributed by atoms with E-state index in [9.17, 15) is 13.2 Å². The Morgan fingerprint density at radius 1 is 1.07 bits per heavy atom. The van der Waals surface area contributed by atoms with Crippen LogP contribution in [0.15, 0.2) is 53.4 Å². The van der Waals surface area contributed by atoms with Gasteiger partial charge >= 0.3 is 0 Å². The van der Waals surface area contributed by atoms with E-state index in [1.807, 2.05) is 19.1 Å². The van der Waals surface area contributed by atoms with Gasteiger partial charge in [0.05, 0.1) is 12.0 Å². The average Bonchev–Trinajstić information content (AvgIpc) is 3.13. The molecular weight excluding hydrogens is 364 g/mol. The molecule has 1 aliphatic rings. The normalized spacial score (nSPS) is 17.9. The molecule has 0 radical (unpaired) electrons. The maximum atomic E-state index is 13.3. The van der Waals surface area contributed by atoms with Gasteiger partial charge in [0.25, 0.3) is 0 Å². The number of carbonyl (C=O) groups excluding carboxylic acids is 1. The lowest BCUT2D eigenvalue weighted by molar-refractivity contribution is -0.132. The first-order valence-corrected chi connectivity index (χ1v) is 10.3. The van der Waals surface area contributed by atoms with Crippen LogP contribution in [0.4, 0.5) is 0 Å². The summed E-state index contributed by atoms with van der Waals surface area (Å²) in [5, 5.41) is 0. The molecule has 3 rings (SSSR count). The van der Waals surface area contributed by atoms with Crippen molar-refractivity contribution in [3.8, 4) is 5.75 Å². The number of methoxy groups -OCH3 is 1. The van der Waals surface area contributed by atoms with Crippen LogP contribution in [-0.2, 0) is 14.8 Å². The molecule has 1 heterocycles. The van der Waals surface area contributed by atoms with Crippen molar-refractivity contribution in [2.75, 3.05) is 20.2 Å². The van der Waals surface area contributed by atoms with Crippen LogP contribution in [0.25, 0.3) is 0 Å². The van der Waals surface area contributed by atoms with Crippen LogP contribution in [0.3, 0.4) is 0 Å². The largest absolute Gasteiger partial charge is 0.497 e. The smallest absolute Gasteiger partial charge is 0.245 e. The molecule has 144 valence electrons. The molecule has 7 heteroatoms. The molecule has 0 aliphatic carbocycles. The van der Waals surface area contributed by atoms with Gasteiger partial charge in [-0.3, -0.25) is 4.79 Å². The van der Waals surface area contributed by atoms with E-state index >= 15 is 0 Å². The molecule has 1 saturated heterocycles. The number of aryl methyl sites for hydroxylation is 1. The molecule has 27 heavy (non-hydrogen) atoms. The summed E-state index contributed by atoms with van der Waals surface area (Å²) in [6.07, 6.45) is -0.333. The van der Waals surface area contributed by atoms with Gasteiger partial charge in [0.1, 0.15) is 11.9 Å². The quantitative estimate of drug-likeness (QED) is 0.790. The van der Waals surface area contributed by atoms with Gasteiger partial charge in [0.2, 0.25) is 15.9 Å². The maximum absolute atomic E-state index is 13.3. The number of hydrogen-bond donors (Lipinski definition) is 0. The second-order valence-corrected chi connectivity index (χ2v) is 8.41. The molecule has 0 aromatic heterocycles. The molecule has 2 aromatic carbocycles. The second kappa shape index (κ2) is 7.70. The van der Waals surface area contributed by atoms with Gasteiger partial charge < -0.3 is 9.64 Å². The van der Waals surface area contributed by atoms with E-state index < -0.39 is 16.2 Å². The Labute approximate surface area is 160 Å². The Bertz CT molecular complexity index is 908. The summed E-state index contributed by atoms with van der Waals surface area (Å²) >= 11 is 0. The highest BCUT2D eigenvalue weighted by Gasteiger charge is 2.42. The fraction of sp³-hybridized carbons (Fsp3) is 0.350. The second-order valence-electron chi connectivity index (χ2n) is 6.52. The van der Waals surface area contributed by atoms with Crippen LogP contribution < -0.4 is 4.74 Å². The zero-order valence-corrected chi connectivity index (χ0v) is 16.6. The predicted octanol–water partition coefficient (Wildman–Crippen LogP) is 2.95. The Hall–Kier alpha value is -2.38. The standard InChI is InChI=1S/C20H24N2O4S/c1-4-19(23)21-13-14-22(20(21)16-7-9-17(26-3)10-8-16)27(24,25)18-11-5-15(2)6-12-18/h5-12,20H,4,13-14H2,1-3H3/t20-/m1/s1. The third kappa shape index (κ3) is 3.70. The van der Waals surface area contributed by atoms with Crippen LogP contribution in [0.1, 0.15) is 30.6 Å². The van der Waals surface area contributed by atoms with E-state index in [0.29, 0.717) is 18.7 Å². The molecule has 1 aliphatic heterocycles. The molecule has 0 spiro atoms. The van der Waals surface area contributed by atoms with Crippen LogP contribution in [0.5, 0.6) is 5.75 Å². The minimum Gasteiger partial charge on any atom is -0.497 e. The molecule has 0 N–H and O–H groups in total. The highest BCUT2D eigenvalue weighted by atomic mass is 32.2. The fourth-order valence-corrected chi connectivity index (χ4v) is 4.86. The van der Waals surface area contributed by atoms with Crippen LogP contribution in [0, 0.1) is 6.92 Å². The van der Waals surface area contributed by atoms with Gasteiger partial charge in [-0.1, -0.05) is 36.8 Å². The van der Waals surface area contributed by atoms with E-state index in [4.69, 9.17) is 4.74 Å². The summed E-state index contributed by atoms with van der Waals surface area (Å²) in [5.74, 6) is 0.607. The number of benzene rings is 2. The molecule has 1 amide bonds. The Kier molecular flexibility index (Phi) is 5.53. The molecule has 0 bridgehead atoms. The monoisotopic (exact) mass is 388 g/mol. The van der Waals surface area contributed by atoms with Gasteiger partial charge in [0.15, 0.2) is 0 Å². The minimum atomic E-state index is -3.73. The number of nitrogens with zero attached hydrogens (tertiary/aromatic N) is 2. The molecule has 0 unspecified atom stereocenters. The summed E-state index contributed by atoms with van der Waals surface area (Å²) in [5.41, 5.74) is 1.73. The van der Waals surface area contributed by atoms with E-state index in [1.54, 1.807) is 55.3 Å². The number of sulfonamides is 1. The van der Waals surface area contributed by atoms with Crippen LogP contribution in [0.2, 0.25) is 0 Å². The maximum Gasteiger partial charge on any atom is 0.245 e. The molecule has 6 nitrogen and oxygen atoms in total. The predicted molar refractivity (Wildman–Crippen MR) is 103 cm³/mol. The topological polar surface area (TPSA) is 66.9 Å². The number of rotatable bonds is 5. The van der Waals surface area contributed by atoms with Crippen molar-refractivity contribution < 1.29 is 17.9 Å². The fourth-order valence-electron chi connectivity index (χ4n) is 3.29. The lowest BCUT2D eigenvalue weighted by atomic mass is 10.1. The molecule has 1 fully saturated rings. The average molecular weight is 388 g/mol. The van der Waals surface area contributed by atoms with Crippen LogP contribution in [-0.4, -0.2) is 43.7 Å².